The van der Waals surface area contributed by atoms with Crippen LogP contribution in [0.15, 0.2) is 48.5 Å². The van der Waals surface area contributed by atoms with Crippen LogP contribution in [0.3, 0.4) is 0 Å². The van der Waals surface area contributed by atoms with Crippen molar-refractivity contribution in [2.45, 2.75) is 32.5 Å². The molecular weight excluding hydrogens is 550 g/mol. The zero-order valence-corrected chi connectivity index (χ0v) is 22.7. The summed E-state index contributed by atoms with van der Waals surface area (Å²) >= 11 is 12.1. The lowest BCUT2D eigenvalue weighted by atomic mass is 10.0. The number of aliphatic hydroxyl groups excluding tert-OH is 1. The van der Waals surface area contributed by atoms with Crippen molar-refractivity contribution in [1.82, 2.24) is 0 Å². The van der Waals surface area contributed by atoms with Gasteiger partial charge < -0.3 is 25.0 Å². The predicted molar refractivity (Wildman–Crippen MR) is 144 cm³/mol. The minimum Gasteiger partial charge on any atom is -0.488 e. The Morgan fingerprint density at radius 3 is 2.44 bits per heavy atom. The quantitative estimate of drug-likeness (QED) is 0.288. The SMILES string of the molecule is Cc1c(NC(=O)COc2ccc(Cl)cc2C(=O)c2cc(Cl)cc(C#N)c2)ccc(OC[C@@H](O)C(C)(C)O)c1F. The van der Waals surface area contributed by atoms with Gasteiger partial charge in [0.15, 0.2) is 24.0 Å². The number of anilines is 1. The lowest BCUT2D eigenvalue weighted by Crippen LogP contribution is -2.40. The molecule has 0 heterocycles. The third-order valence-electron chi connectivity index (χ3n) is 5.67. The van der Waals surface area contributed by atoms with E-state index < -0.39 is 35.8 Å². The molecule has 204 valence electrons. The molecule has 0 aliphatic carbocycles. The molecule has 1 amide bonds. The van der Waals surface area contributed by atoms with Crippen LogP contribution in [0.5, 0.6) is 11.5 Å². The molecule has 0 fully saturated rings. The summed E-state index contributed by atoms with van der Waals surface area (Å²) in [4.78, 5) is 25.7. The van der Waals surface area contributed by atoms with E-state index in [1.165, 1.54) is 69.3 Å². The second-order valence-electron chi connectivity index (χ2n) is 9.18. The summed E-state index contributed by atoms with van der Waals surface area (Å²) < 4.78 is 25.7. The first kappa shape index (κ1) is 29.9. The Morgan fingerprint density at radius 1 is 1.08 bits per heavy atom. The third-order valence-corrected chi connectivity index (χ3v) is 6.12. The number of aliphatic hydroxyl groups is 2. The van der Waals surface area contributed by atoms with Gasteiger partial charge in [-0.1, -0.05) is 23.2 Å². The number of ether oxygens (including phenoxy) is 2. The molecule has 0 radical (unpaired) electrons. The summed E-state index contributed by atoms with van der Waals surface area (Å²) in [6.45, 7) is 3.37. The van der Waals surface area contributed by atoms with E-state index in [1.807, 2.05) is 6.07 Å². The number of halogens is 3. The van der Waals surface area contributed by atoms with Crippen LogP contribution in [0, 0.1) is 24.1 Å². The molecule has 0 saturated carbocycles. The second kappa shape index (κ2) is 12.5. The molecule has 0 spiro atoms. The minimum atomic E-state index is -1.43. The number of hydrogen-bond acceptors (Lipinski definition) is 7. The van der Waals surface area contributed by atoms with Gasteiger partial charge in [-0.15, -0.1) is 0 Å². The summed E-state index contributed by atoms with van der Waals surface area (Å²) in [5.41, 5.74) is -0.802. The number of amides is 1. The molecule has 8 nitrogen and oxygen atoms in total. The fraction of sp³-hybridized carbons (Fsp3) is 0.250. The summed E-state index contributed by atoms with van der Waals surface area (Å²) in [6, 6.07) is 13.1. The highest BCUT2D eigenvalue weighted by Crippen LogP contribution is 2.29. The van der Waals surface area contributed by atoms with Crippen molar-refractivity contribution in [2.75, 3.05) is 18.5 Å². The van der Waals surface area contributed by atoms with Gasteiger partial charge in [-0.2, -0.15) is 5.26 Å². The molecule has 11 heteroatoms. The first-order valence-corrected chi connectivity index (χ1v) is 12.4. The van der Waals surface area contributed by atoms with Crippen molar-refractivity contribution in [2.24, 2.45) is 0 Å². The number of rotatable bonds is 10. The predicted octanol–water partition coefficient (Wildman–Crippen LogP) is 5.07. The van der Waals surface area contributed by atoms with Crippen LogP contribution in [0.1, 0.15) is 40.9 Å². The first-order valence-electron chi connectivity index (χ1n) is 11.6. The van der Waals surface area contributed by atoms with E-state index in [4.69, 9.17) is 32.7 Å². The van der Waals surface area contributed by atoms with Crippen LogP contribution in [-0.4, -0.2) is 46.8 Å². The minimum absolute atomic E-state index is 0.0541. The van der Waals surface area contributed by atoms with E-state index >= 15 is 0 Å². The van der Waals surface area contributed by atoms with E-state index in [1.54, 1.807) is 0 Å². The lowest BCUT2D eigenvalue weighted by molar-refractivity contribution is -0.118. The zero-order valence-electron chi connectivity index (χ0n) is 21.2. The molecular formula is C28H25Cl2FN2O6. The van der Waals surface area contributed by atoms with Crippen LogP contribution in [0.25, 0.3) is 0 Å². The van der Waals surface area contributed by atoms with Crippen molar-refractivity contribution >= 4 is 40.6 Å². The van der Waals surface area contributed by atoms with Crippen molar-refractivity contribution in [3.63, 3.8) is 0 Å². The number of nitriles is 1. The van der Waals surface area contributed by atoms with Crippen LogP contribution in [0.2, 0.25) is 10.0 Å². The molecule has 3 aromatic carbocycles. The Kier molecular flexibility index (Phi) is 9.54. The third kappa shape index (κ3) is 7.68. The number of carbonyl (C=O) groups is 2. The Hall–Kier alpha value is -3.68. The Balaban J connectivity index is 1.71. The van der Waals surface area contributed by atoms with E-state index in [0.717, 1.165) is 0 Å². The average Bonchev–Trinajstić information content (AvgIpc) is 2.88. The summed E-state index contributed by atoms with van der Waals surface area (Å²) in [6.07, 6.45) is -1.24. The maximum atomic E-state index is 14.8. The molecule has 0 aromatic heterocycles. The topological polar surface area (TPSA) is 129 Å². The fourth-order valence-corrected chi connectivity index (χ4v) is 3.76. The van der Waals surface area contributed by atoms with Gasteiger partial charge in [0.1, 0.15) is 18.5 Å². The Morgan fingerprint density at radius 2 is 1.77 bits per heavy atom. The van der Waals surface area contributed by atoms with Crippen LogP contribution >= 0.6 is 23.2 Å². The molecule has 39 heavy (non-hydrogen) atoms. The molecule has 0 bridgehead atoms. The standard InChI is InChI=1S/C28H25Cl2FN2O6/c1-15-21(5-7-23(26(15)31)38-13-24(34)28(2,3)37)33-25(35)14-39-22-6-4-18(29)11-20(22)27(36)17-8-16(12-32)9-19(30)10-17/h4-11,24,34,37H,13-14H2,1-3H3,(H,33,35)/t24-/m1/s1. The Bertz CT molecular complexity index is 1450. The van der Waals surface area contributed by atoms with Gasteiger partial charge in [0.25, 0.3) is 5.91 Å². The molecule has 0 aliphatic rings. The molecule has 3 rings (SSSR count). The van der Waals surface area contributed by atoms with Gasteiger partial charge in [0.05, 0.1) is 22.8 Å². The number of hydrogen-bond donors (Lipinski definition) is 3. The van der Waals surface area contributed by atoms with Crippen LogP contribution < -0.4 is 14.8 Å². The first-order chi connectivity index (χ1) is 18.3. The van der Waals surface area contributed by atoms with Gasteiger partial charge in [0, 0.05) is 26.9 Å². The largest absolute Gasteiger partial charge is 0.488 e. The molecule has 1 atom stereocenters. The molecule has 3 N–H and O–H groups in total. The summed E-state index contributed by atoms with van der Waals surface area (Å²) in [5, 5.41) is 31.8. The maximum absolute atomic E-state index is 14.8. The van der Waals surface area contributed by atoms with Crippen molar-refractivity contribution in [3.8, 4) is 17.6 Å². The maximum Gasteiger partial charge on any atom is 0.262 e. The van der Waals surface area contributed by atoms with Gasteiger partial charge >= 0.3 is 0 Å². The average molecular weight is 575 g/mol. The van der Waals surface area contributed by atoms with Gasteiger partial charge in [0.2, 0.25) is 0 Å². The zero-order chi connectivity index (χ0) is 28.9. The van der Waals surface area contributed by atoms with Crippen molar-refractivity contribution < 1.29 is 33.7 Å². The monoisotopic (exact) mass is 574 g/mol. The molecule has 0 aliphatic heterocycles. The number of nitrogens with zero attached hydrogens (tertiary/aromatic N) is 1. The normalized spacial score (nSPS) is 11.9. The fourth-order valence-electron chi connectivity index (χ4n) is 3.36. The van der Waals surface area contributed by atoms with Gasteiger partial charge in [-0.05, 0) is 69.3 Å². The van der Waals surface area contributed by atoms with Gasteiger partial charge in [-0.3, -0.25) is 9.59 Å². The highest BCUT2D eigenvalue weighted by atomic mass is 35.5. The summed E-state index contributed by atoms with van der Waals surface area (Å²) in [5.74, 6) is -1.99. The molecule has 0 saturated heterocycles. The van der Waals surface area contributed by atoms with Crippen LogP contribution in [-0.2, 0) is 4.79 Å². The number of ketones is 1. The van der Waals surface area contributed by atoms with E-state index in [0.29, 0.717) is 0 Å². The number of benzene rings is 3. The highest BCUT2D eigenvalue weighted by Gasteiger charge is 2.26. The highest BCUT2D eigenvalue weighted by molar-refractivity contribution is 6.32. The number of nitrogens with one attached hydrogen (secondary N) is 1. The second-order valence-corrected chi connectivity index (χ2v) is 10.1. The van der Waals surface area contributed by atoms with Crippen molar-refractivity contribution in [3.05, 3.63) is 86.6 Å². The van der Waals surface area contributed by atoms with Crippen LogP contribution in [0.4, 0.5) is 10.1 Å². The molecule has 3 aromatic rings. The van der Waals surface area contributed by atoms with E-state index in [2.05, 4.69) is 5.32 Å². The smallest absolute Gasteiger partial charge is 0.262 e. The van der Waals surface area contributed by atoms with Gasteiger partial charge in [-0.25, -0.2) is 4.39 Å². The van der Waals surface area contributed by atoms with Crippen molar-refractivity contribution in [1.29, 1.82) is 5.26 Å². The summed E-state index contributed by atoms with van der Waals surface area (Å²) in [7, 11) is 0. The molecule has 0 unspecified atom stereocenters. The Labute approximate surface area is 234 Å². The van der Waals surface area contributed by atoms with E-state index in [9.17, 15) is 29.5 Å². The number of carbonyl (C=O) groups excluding carboxylic acids is 2. The lowest BCUT2D eigenvalue weighted by Gasteiger charge is -2.24. The van der Waals surface area contributed by atoms with E-state index in [-0.39, 0.29) is 56.1 Å².